The molecule has 0 fully saturated rings. The second-order valence-corrected chi connectivity index (χ2v) is 3.78. The fraction of sp³-hybridized carbons (Fsp3) is 0.900. The summed E-state index contributed by atoms with van der Waals surface area (Å²) in [5.41, 5.74) is 0. The van der Waals surface area contributed by atoms with Crippen molar-refractivity contribution in [2.45, 2.75) is 33.6 Å². The fourth-order valence-corrected chi connectivity index (χ4v) is 0.984. The molecule has 0 bridgehead atoms. The van der Waals surface area contributed by atoms with Crippen LogP contribution >= 0.6 is 0 Å². The molecule has 0 rings (SSSR count). The molecule has 0 aliphatic carbocycles. The Labute approximate surface area is 81.5 Å². The second-order valence-electron chi connectivity index (χ2n) is 3.78. The van der Waals surface area contributed by atoms with Crippen LogP contribution in [0.15, 0.2) is 0 Å². The van der Waals surface area contributed by atoms with Gasteiger partial charge in [-0.3, -0.25) is 0 Å². The highest BCUT2D eigenvalue weighted by molar-refractivity contribution is 5.73. The van der Waals surface area contributed by atoms with E-state index in [-0.39, 0.29) is 6.03 Å². The van der Waals surface area contributed by atoms with Crippen LogP contribution in [0.3, 0.4) is 0 Å². The van der Waals surface area contributed by atoms with Crippen LogP contribution in [0.25, 0.3) is 0 Å². The van der Waals surface area contributed by atoms with Gasteiger partial charge in [-0.2, -0.15) is 0 Å². The zero-order chi connectivity index (χ0) is 10.3. The van der Waals surface area contributed by atoms with Crippen LogP contribution in [-0.4, -0.2) is 31.1 Å². The Balaban J connectivity index is 3.37. The van der Waals surface area contributed by atoms with E-state index in [2.05, 4.69) is 19.2 Å². The first kappa shape index (κ1) is 12.3. The van der Waals surface area contributed by atoms with Crippen LogP contribution < -0.4 is 5.32 Å². The molecule has 0 aromatic heterocycles. The Hall–Kier alpha value is -0.730. The molecule has 3 nitrogen and oxygen atoms in total. The maximum Gasteiger partial charge on any atom is 0.317 e. The summed E-state index contributed by atoms with van der Waals surface area (Å²) < 4.78 is 0. The minimum Gasteiger partial charge on any atom is -0.338 e. The third-order valence-corrected chi connectivity index (χ3v) is 2.06. The summed E-state index contributed by atoms with van der Waals surface area (Å²) >= 11 is 0. The average Bonchev–Trinajstić information content (AvgIpc) is 2.10. The molecule has 0 aromatic rings. The molecule has 0 unspecified atom stereocenters. The molecule has 0 spiro atoms. The molecule has 13 heavy (non-hydrogen) atoms. The van der Waals surface area contributed by atoms with E-state index in [1.54, 1.807) is 11.9 Å². The smallest absolute Gasteiger partial charge is 0.317 e. The lowest BCUT2D eigenvalue weighted by atomic mass is 10.1. The van der Waals surface area contributed by atoms with Gasteiger partial charge in [-0.15, -0.1) is 0 Å². The van der Waals surface area contributed by atoms with Gasteiger partial charge in [-0.1, -0.05) is 13.8 Å². The van der Waals surface area contributed by atoms with Crippen LogP contribution in [0, 0.1) is 5.92 Å². The summed E-state index contributed by atoms with van der Waals surface area (Å²) in [5, 5.41) is 2.88. The molecular formula is C10H22N2O. The van der Waals surface area contributed by atoms with Crippen molar-refractivity contribution in [3.63, 3.8) is 0 Å². The molecule has 0 heterocycles. The molecule has 0 aromatic carbocycles. The van der Waals surface area contributed by atoms with E-state index in [1.165, 1.54) is 6.42 Å². The van der Waals surface area contributed by atoms with Crippen LogP contribution in [0.2, 0.25) is 0 Å². The maximum atomic E-state index is 11.2. The highest BCUT2D eigenvalue weighted by atomic mass is 16.2. The van der Waals surface area contributed by atoms with E-state index in [4.69, 9.17) is 0 Å². The number of carbonyl (C=O) groups is 1. The van der Waals surface area contributed by atoms with Crippen molar-refractivity contribution in [3.8, 4) is 0 Å². The Morgan fingerprint density at radius 3 is 2.54 bits per heavy atom. The van der Waals surface area contributed by atoms with Crippen molar-refractivity contribution in [2.75, 3.05) is 20.1 Å². The van der Waals surface area contributed by atoms with Crippen molar-refractivity contribution < 1.29 is 4.79 Å². The monoisotopic (exact) mass is 186 g/mol. The highest BCUT2D eigenvalue weighted by Gasteiger charge is 2.03. The van der Waals surface area contributed by atoms with E-state index in [0.29, 0.717) is 0 Å². The van der Waals surface area contributed by atoms with Crippen LogP contribution in [0.4, 0.5) is 4.79 Å². The molecule has 78 valence electrons. The van der Waals surface area contributed by atoms with Gasteiger partial charge >= 0.3 is 6.03 Å². The minimum atomic E-state index is 0.0336. The predicted octanol–water partition coefficient (Wildman–Crippen LogP) is 2.08. The summed E-state index contributed by atoms with van der Waals surface area (Å²) in [5.74, 6) is 0.723. The number of nitrogens with zero attached hydrogens (tertiary/aromatic N) is 1. The number of urea groups is 1. The topological polar surface area (TPSA) is 32.3 Å². The van der Waals surface area contributed by atoms with Crippen LogP contribution in [0.5, 0.6) is 0 Å². The molecule has 0 saturated heterocycles. The first-order chi connectivity index (χ1) is 6.07. The van der Waals surface area contributed by atoms with Crippen molar-refractivity contribution in [3.05, 3.63) is 0 Å². The zero-order valence-corrected chi connectivity index (χ0v) is 9.26. The van der Waals surface area contributed by atoms with Crippen LogP contribution in [-0.2, 0) is 0 Å². The summed E-state index contributed by atoms with van der Waals surface area (Å²) in [4.78, 5) is 12.9. The van der Waals surface area contributed by atoms with Gasteiger partial charge in [0.1, 0.15) is 0 Å². The fourth-order valence-electron chi connectivity index (χ4n) is 0.984. The largest absolute Gasteiger partial charge is 0.338 e. The number of carbonyl (C=O) groups excluding carboxylic acids is 1. The molecule has 0 aliphatic heterocycles. The van der Waals surface area contributed by atoms with Gasteiger partial charge in [0, 0.05) is 20.1 Å². The molecule has 0 aliphatic rings. The van der Waals surface area contributed by atoms with Crippen molar-refractivity contribution in [2.24, 2.45) is 5.92 Å². The Morgan fingerprint density at radius 1 is 1.46 bits per heavy atom. The van der Waals surface area contributed by atoms with E-state index >= 15 is 0 Å². The van der Waals surface area contributed by atoms with Gasteiger partial charge in [0.2, 0.25) is 0 Å². The van der Waals surface area contributed by atoms with Crippen molar-refractivity contribution >= 4 is 6.03 Å². The third kappa shape index (κ3) is 6.43. The zero-order valence-electron chi connectivity index (χ0n) is 9.26. The highest BCUT2D eigenvalue weighted by Crippen LogP contribution is 2.01. The average molecular weight is 186 g/mol. The minimum absolute atomic E-state index is 0.0336. The normalized spacial score (nSPS) is 10.2. The van der Waals surface area contributed by atoms with Gasteiger partial charge < -0.3 is 10.2 Å². The van der Waals surface area contributed by atoms with Crippen LogP contribution in [0.1, 0.15) is 33.6 Å². The van der Waals surface area contributed by atoms with E-state index in [9.17, 15) is 4.79 Å². The molecule has 2 amide bonds. The van der Waals surface area contributed by atoms with Crippen molar-refractivity contribution in [1.29, 1.82) is 0 Å². The molecular weight excluding hydrogens is 164 g/mol. The maximum absolute atomic E-state index is 11.2. The lowest BCUT2D eigenvalue weighted by molar-refractivity contribution is 0.210. The third-order valence-electron chi connectivity index (χ3n) is 2.06. The standard InChI is InChI=1S/C10H22N2O/c1-5-12(4)10(13)11-8-6-7-9(2)3/h9H,5-8H2,1-4H3,(H,11,13). The summed E-state index contributed by atoms with van der Waals surface area (Å²) in [6.07, 6.45) is 2.25. The number of hydrogen-bond acceptors (Lipinski definition) is 1. The number of nitrogens with one attached hydrogen (secondary N) is 1. The number of rotatable bonds is 5. The van der Waals surface area contributed by atoms with Gasteiger partial charge in [-0.25, -0.2) is 4.79 Å². The first-order valence-corrected chi connectivity index (χ1v) is 5.06. The van der Waals surface area contributed by atoms with Crippen molar-refractivity contribution in [1.82, 2.24) is 10.2 Å². The predicted molar refractivity (Wildman–Crippen MR) is 55.8 cm³/mol. The van der Waals surface area contributed by atoms with E-state index in [1.807, 2.05) is 6.92 Å². The number of amides is 2. The SMILES string of the molecule is CCN(C)C(=O)NCCCC(C)C. The lowest BCUT2D eigenvalue weighted by Gasteiger charge is -2.15. The van der Waals surface area contributed by atoms with Gasteiger partial charge in [-0.05, 0) is 25.7 Å². The Bertz CT molecular complexity index is 146. The van der Waals surface area contributed by atoms with Gasteiger partial charge in [0.25, 0.3) is 0 Å². The molecule has 0 atom stereocenters. The Morgan fingerprint density at radius 2 is 2.08 bits per heavy atom. The second kappa shape index (κ2) is 6.75. The first-order valence-electron chi connectivity index (χ1n) is 5.06. The Kier molecular flexibility index (Phi) is 6.37. The molecule has 0 radical (unpaired) electrons. The lowest BCUT2D eigenvalue weighted by Crippen LogP contribution is -2.37. The summed E-state index contributed by atoms with van der Waals surface area (Å²) in [7, 11) is 1.80. The number of hydrogen-bond donors (Lipinski definition) is 1. The molecule has 1 N–H and O–H groups in total. The van der Waals surface area contributed by atoms with Gasteiger partial charge in [0.15, 0.2) is 0 Å². The van der Waals surface area contributed by atoms with E-state index in [0.717, 1.165) is 25.4 Å². The molecule has 0 saturated carbocycles. The quantitative estimate of drug-likeness (QED) is 0.655. The van der Waals surface area contributed by atoms with Gasteiger partial charge in [0.05, 0.1) is 0 Å². The molecule has 3 heteroatoms. The summed E-state index contributed by atoms with van der Waals surface area (Å²) in [6.45, 7) is 7.91. The van der Waals surface area contributed by atoms with E-state index < -0.39 is 0 Å². The summed E-state index contributed by atoms with van der Waals surface area (Å²) in [6, 6.07) is 0.0336.